The molecule has 0 aromatic heterocycles. The molecule has 7 heteroatoms. The van der Waals surface area contributed by atoms with Crippen molar-refractivity contribution in [3.05, 3.63) is 34.1 Å². The van der Waals surface area contributed by atoms with Gasteiger partial charge in [-0.1, -0.05) is 6.07 Å². The number of nitrogens with one attached hydrogen (secondary N) is 1. The molecule has 1 amide bonds. The molecule has 0 fully saturated rings. The van der Waals surface area contributed by atoms with Crippen molar-refractivity contribution in [1.82, 2.24) is 5.32 Å². The predicted molar refractivity (Wildman–Crippen MR) is 64.9 cm³/mol. The Morgan fingerprint density at radius 1 is 1.56 bits per heavy atom. The molecular weight excluding hydrogens is 309 g/mol. The summed E-state index contributed by atoms with van der Waals surface area (Å²) in [7, 11) is 1.32. The lowest BCUT2D eigenvalue weighted by atomic mass is 10.2. The number of amides is 1. The number of halogens is 2. The van der Waals surface area contributed by atoms with Crippen molar-refractivity contribution in [1.29, 1.82) is 0 Å². The molecule has 2 N–H and O–H groups in total. The fourth-order valence-electron chi connectivity index (χ4n) is 1.26. The summed E-state index contributed by atoms with van der Waals surface area (Å²) in [5.41, 5.74) is 0.0253. The monoisotopic (exact) mass is 319 g/mol. The lowest BCUT2D eigenvalue weighted by molar-refractivity contribution is -0.140. The fourth-order valence-corrected chi connectivity index (χ4v) is 1.70. The minimum Gasteiger partial charge on any atom is -0.480 e. The number of hydrogen-bond acceptors (Lipinski definition) is 3. The van der Waals surface area contributed by atoms with E-state index in [9.17, 15) is 14.0 Å². The topological polar surface area (TPSA) is 75.6 Å². The molecule has 0 saturated carbocycles. The zero-order valence-corrected chi connectivity index (χ0v) is 11.0. The van der Waals surface area contributed by atoms with E-state index in [-0.39, 0.29) is 16.6 Å². The highest BCUT2D eigenvalue weighted by molar-refractivity contribution is 9.10. The molecule has 0 aliphatic heterocycles. The maximum Gasteiger partial charge on any atom is 0.328 e. The lowest BCUT2D eigenvalue weighted by Gasteiger charge is -2.14. The maximum absolute atomic E-state index is 13.2. The summed E-state index contributed by atoms with van der Waals surface area (Å²) in [4.78, 5) is 22.6. The number of carboxylic acid groups (broad SMARTS) is 1. The number of methoxy groups -OCH3 is 1. The van der Waals surface area contributed by atoms with Crippen LogP contribution in [0.3, 0.4) is 0 Å². The normalized spacial score (nSPS) is 11.9. The van der Waals surface area contributed by atoms with Gasteiger partial charge in [0.05, 0.1) is 16.6 Å². The fraction of sp³-hybridized carbons (Fsp3) is 0.273. The number of carbonyl (C=O) groups excluding carboxylic acids is 1. The Bertz CT molecular complexity index is 466. The summed E-state index contributed by atoms with van der Waals surface area (Å²) in [6.07, 6.45) is 0. The Balaban J connectivity index is 2.87. The van der Waals surface area contributed by atoms with Gasteiger partial charge in [0, 0.05) is 7.11 Å². The van der Waals surface area contributed by atoms with Gasteiger partial charge >= 0.3 is 5.97 Å². The summed E-state index contributed by atoms with van der Waals surface area (Å²) < 4.78 is 17.9. The van der Waals surface area contributed by atoms with Crippen LogP contribution in [0.1, 0.15) is 10.4 Å². The number of carboxylic acids is 1. The zero-order chi connectivity index (χ0) is 13.7. The van der Waals surface area contributed by atoms with Gasteiger partial charge in [0.2, 0.25) is 0 Å². The Hall–Kier alpha value is -1.47. The molecule has 1 atom stereocenters. The minimum absolute atomic E-state index is 0.0101. The van der Waals surface area contributed by atoms with E-state index in [1.54, 1.807) is 0 Å². The summed E-state index contributed by atoms with van der Waals surface area (Å²) in [6.45, 7) is -0.173. The Labute approximate surface area is 111 Å². The van der Waals surface area contributed by atoms with E-state index in [1.165, 1.54) is 25.3 Å². The van der Waals surface area contributed by atoms with Gasteiger partial charge < -0.3 is 15.2 Å². The van der Waals surface area contributed by atoms with Crippen LogP contribution in [0, 0.1) is 5.82 Å². The van der Waals surface area contributed by atoms with Gasteiger partial charge in [0.15, 0.2) is 6.04 Å². The third kappa shape index (κ3) is 3.51. The van der Waals surface area contributed by atoms with Gasteiger partial charge in [-0.15, -0.1) is 0 Å². The quantitative estimate of drug-likeness (QED) is 0.860. The molecule has 0 aliphatic carbocycles. The molecule has 0 heterocycles. The molecule has 1 aromatic rings. The Morgan fingerprint density at radius 3 is 2.78 bits per heavy atom. The van der Waals surface area contributed by atoms with Crippen molar-refractivity contribution in [2.24, 2.45) is 0 Å². The standard InChI is InChI=1S/C11H11BrFNO4/c1-18-5-8(11(16)17)14-10(15)6-3-2-4-7(13)9(6)12/h2-4,8H,5H2,1H3,(H,14,15)(H,16,17). The first-order chi connectivity index (χ1) is 8.47. The third-order valence-electron chi connectivity index (χ3n) is 2.13. The van der Waals surface area contributed by atoms with Crippen LogP contribution in [0.5, 0.6) is 0 Å². The number of rotatable bonds is 5. The number of ether oxygens (including phenoxy) is 1. The van der Waals surface area contributed by atoms with E-state index in [2.05, 4.69) is 26.0 Å². The molecule has 0 aliphatic rings. The van der Waals surface area contributed by atoms with Gasteiger partial charge in [-0.05, 0) is 28.1 Å². The highest BCUT2D eigenvalue weighted by Gasteiger charge is 2.22. The molecule has 1 rings (SSSR count). The Morgan fingerprint density at radius 2 is 2.22 bits per heavy atom. The first-order valence-corrected chi connectivity index (χ1v) is 5.73. The van der Waals surface area contributed by atoms with Crippen LogP contribution in [0.4, 0.5) is 4.39 Å². The highest BCUT2D eigenvalue weighted by Crippen LogP contribution is 2.20. The molecule has 0 saturated heterocycles. The van der Waals surface area contributed by atoms with E-state index < -0.39 is 23.7 Å². The van der Waals surface area contributed by atoms with E-state index >= 15 is 0 Å². The average Bonchev–Trinajstić information content (AvgIpc) is 2.31. The number of benzene rings is 1. The predicted octanol–water partition coefficient (Wildman–Crippen LogP) is 1.42. The second-order valence-corrected chi connectivity index (χ2v) is 4.21. The summed E-state index contributed by atoms with van der Waals surface area (Å²) >= 11 is 2.93. The van der Waals surface area contributed by atoms with Crippen molar-refractivity contribution < 1.29 is 23.8 Å². The molecule has 98 valence electrons. The smallest absolute Gasteiger partial charge is 0.328 e. The van der Waals surface area contributed by atoms with E-state index in [4.69, 9.17) is 5.11 Å². The molecule has 0 spiro atoms. The Kier molecular flexibility index (Phi) is 5.24. The van der Waals surface area contributed by atoms with Crippen molar-refractivity contribution in [3.8, 4) is 0 Å². The van der Waals surface area contributed by atoms with Crippen LogP contribution in [-0.2, 0) is 9.53 Å². The molecule has 0 radical (unpaired) electrons. The SMILES string of the molecule is COCC(NC(=O)c1cccc(F)c1Br)C(=O)O. The van der Waals surface area contributed by atoms with E-state index in [0.29, 0.717) is 0 Å². The van der Waals surface area contributed by atoms with E-state index in [0.717, 1.165) is 0 Å². The summed E-state index contributed by atoms with van der Waals surface area (Å²) in [6, 6.07) is 2.75. The van der Waals surface area contributed by atoms with Crippen LogP contribution in [0.25, 0.3) is 0 Å². The second kappa shape index (κ2) is 6.46. The molecule has 1 aromatic carbocycles. The van der Waals surface area contributed by atoms with Gasteiger partial charge in [0.1, 0.15) is 5.82 Å². The second-order valence-electron chi connectivity index (χ2n) is 3.42. The molecule has 1 unspecified atom stereocenters. The largest absolute Gasteiger partial charge is 0.480 e. The first kappa shape index (κ1) is 14.6. The molecule has 5 nitrogen and oxygen atoms in total. The minimum atomic E-state index is -1.22. The van der Waals surface area contributed by atoms with Crippen LogP contribution >= 0.6 is 15.9 Å². The van der Waals surface area contributed by atoms with Crippen LogP contribution in [0.2, 0.25) is 0 Å². The van der Waals surface area contributed by atoms with Gasteiger partial charge in [-0.2, -0.15) is 0 Å². The maximum atomic E-state index is 13.2. The molecule has 0 bridgehead atoms. The van der Waals surface area contributed by atoms with Crippen LogP contribution in [-0.4, -0.2) is 36.7 Å². The third-order valence-corrected chi connectivity index (χ3v) is 2.94. The van der Waals surface area contributed by atoms with Crippen molar-refractivity contribution in [3.63, 3.8) is 0 Å². The zero-order valence-electron chi connectivity index (χ0n) is 9.44. The van der Waals surface area contributed by atoms with Gasteiger partial charge in [-0.25, -0.2) is 9.18 Å². The van der Waals surface area contributed by atoms with Crippen molar-refractivity contribution in [2.75, 3.05) is 13.7 Å². The first-order valence-electron chi connectivity index (χ1n) is 4.94. The summed E-state index contributed by atoms with van der Waals surface area (Å²) in [5.74, 6) is -2.51. The number of hydrogen-bond donors (Lipinski definition) is 2. The van der Waals surface area contributed by atoms with E-state index in [1.807, 2.05) is 0 Å². The van der Waals surface area contributed by atoms with Crippen LogP contribution < -0.4 is 5.32 Å². The van der Waals surface area contributed by atoms with Crippen molar-refractivity contribution in [2.45, 2.75) is 6.04 Å². The highest BCUT2D eigenvalue weighted by atomic mass is 79.9. The van der Waals surface area contributed by atoms with Gasteiger partial charge in [-0.3, -0.25) is 4.79 Å². The molecule has 18 heavy (non-hydrogen) atoms. The number of carbonyl (C=O) groups is 2. The van der Waals surface area contributed by atoms with Gasteiger partial charge in [0.25, 0.3) is 5.91 Å². The lowest BCUT2D eigenvalue weighted by Crippen LogP contribution is -2.43. The summed E-state index contributed by atoms with van der Waals surface area (Å²) in [5, 5.41) is 11.1. The van der Waals surface area contributed by atoms with Crippen LogP contribution in [0.15, 0.2) is 22.7 Å². The van der Waals surface area contributed by atoms with Crippen molar-refractivity contribution >= 4 is 27.8 Å². The average molecular weight is 320 g/mol. The molecular formula is C11H11BrFNO4. The number of aliphatic carboxylic acids is 1.